The van der Waals surface area contributed by atoms with Crippen LogP contribution in [0.3, 0.4) is 0 Å². The number of azo groups is 2. The fourth-order valence-corrected chi connectivity index (χ4v) is 7.01. The van der Waals surface area contributed by atoms with Crippen molar-refractivity contribution < 1.29 is 48.4 Å². The summed E-state index contributed by atoms with van der Waals surface area (Å²) in [5.74, 6) is -0.540. The normalized spacial score (nSPS) is 14.2. The summed E-state index contributed by atoms with van der Waals surface area (Å²) < 4.78 is 105. The number of anilines is 3. The van der Waals surface area contributed by atoms with Crippen molar-refractivity contribution in [2.75, 3.05) is 17.9 Å². The summed E-state index contributed by atoms with van der Waals surface area (Å²) in [5.41, 5.74) is 5.10. The summed E-state index contributed by atoms with van der Waals surface area (Å²) in [6.45, 7) is 1.72. The minimum Gasteiger partial charge on any atom is -0.494 e. The Bertz CT molecular complexity index is 2910. The van der Waals surface area contributed by atoms with Gasteiger partial charge in [0.25, 0.3) is 30.4 Å². The number of nitrogens with zero attached hydrogens (tertiary/aromatic N) is 5. The van der Waals surface area contributed by atoms with E-state index in [1.165, 1.54) is 73.8 Å². The highest BCUT2D eigenvalue weighted by molar-refractivity contribution is 7.91. The van der Waals surface area contributed by atoms with Gasteiger partial charge in [-0.15, -0.1) is 5.11 Å². The number of Topliss-reactive ketones (excluding diaryl/α,β-unsaturated/α-hetero) is 1. The molecule has 5 N–H and O–H groups in total. The van der Waals surface area contributed by atoms with Gasteiger partial charge in [-0.25, -0.2) is 0 Å². The topological polar surface area (TPSA) is 275 Å². The molecule has 0 aliphatic heterocycles. The van der Waals surface area contributed by atoms with Crippen molar-refractivity contribution in [1.29, 1.82) is 0 Å². The van der Waals surface area contributed by atoms with E-state index in [9.17, 15) is 43.7 Å². The molecule has 292 valence electrons. The number of carbonyl (C=O) groups is 1. The maximum Gasteiger partial charge on any atom is 0.296 e. The molecule has 0 unspecified atom stereocenters. The molecule has 1 aliphatic carbocycles. The largest absolute Gasteiger partial charge is 0.494 e. The Labute approximate surface area is 325 Å². The molecule has 0 spiro atoms. The Morgan fingerprint density at radius 3 is 1.89 bits per heavy atom. The van der Waals surface area contributed by atoms with E-state index < -0.39 is 46.8 Å². The van der Waals surface area contributed by atoms with Crippen LogP contribution in [0.4, 0.5) is 39.8 Å². The van der Waals surface area contributed by atoms with Crippen LogP contribution in [0.2, 0.25) is 0 Å². The predicted molar refractivity (Wildman–Crippen MR) is 210 cm³/mol. The van der Waals surface area contributed by atoms with E-state index in [0.29, 0.717) is 39.7 Å². The average Bonchev–Trinajstić information content (AvgIpc) is 3.16. The zero-order valence-electron chi connectivity index (χ0n) is 29.5. The highest BCUT2D eigenvalue weighted by atomic mass is 32.2. The van der Waals surface area contributed by atoms with Crippen molar-refractivity contribution in [3.8, 4) is 5.75 Å². The molecular formula is C36H29N7O11S3. The van der Waals surface area contributed by atoms with Gasteiger partial charge in [0.15, 0.2) is 5.71 Å². The molecule has 18 nitrogen and oxygen atoms in total. The van der Waals surface area contributed by atoms with Crippen LogP contribution in [0.1, 0.15) is 21.5 Å². The van der Waals surface area contributed by atoms with Crippen LogP contribution < -0.4 is 15.5 Å². The highest BCUT2D eigenvalue weighted by Crippen LogP contribution is 2.35. The van der Waals surface area contributed by atoms with Crippen molar-refractivity contribution in [1.82, 2.24) is 0 Å². The first-order valence-corrected chi connectivity index (χ1v) is 20.5. The number of carbonyl (C=O) groups excluding carboxylic acids is 1. The van der Waals surface area contributed by atoms with Gasteiger partial charge in [0.05, 0.1) is 39.7 Å². The van der Waals surface area contributed by atoms with Gasteiger partial charge in [-0.05, 0) is 103 Å². The standard InChI is InChI=1S/C36H29N7O11S3/c1-21-15-26(11-13-31(21)41-42-32-14-12-27(20-33(32)54-2)39-38-25-6-4-8-29(18-25)56(48,49)50)40-43-35-34(57(51,52)53)16-22-9-10-24(19-30(22)36(35)44)37-23-5-3-7-28(17-23)55(45,46)47/h3-20,37,40H,1-2H3,(H,45,46,47)(H,48,49,50)(H,51,52,53). The number of fused-ring (bicyclic) bond motifs is 1. The van der Waals surface area contributed by atoms with Crippen molar-refractivity contribution in [3.63, 3.8) is 0 Å². The second-order valence-corrected chi connectivity index (χ2v) is 16.3. The minimum absolute atomic E-state index is 0.0304. The minimum atomic E-state index is -4.92. The maximum atomic E-state index is 13.6. The monoisotopic (exact) mass is 831 g/mol. The zero-order chi connectivity index (χ0) is 41.1. The Morgan fingerprint density at radius 1 is 0.614 bits per heavy atom. The molecule has 21 heteroatoms. The van der Waals surface area contributed by atoms with Gasteiger partial charge in [-0.1, -0.05) is 18.2 Å². The van der Waals surface area contributed by atoms with E-state index in [1.54, 1.807) is 37.3 Å². The molecule has 5 aromatic rings. The van der Waals surface area contributed by atoms with E-state index in [1.807, 2.05) is 0 Å². The molecule has 57 heavy (non-hydrogen) atoms. The summed E-state index contributed by atoms with van der Waals surface area (Å²) in [4.78, 5) is 12.2. The van der Waals surface area contributed by atoms with Gasteiger partial charge >= 0.3 is 0 Å². The van der Waals surface area contributed by atoms with Gasteiger partial charge in [-0.3, -0.25) is 23.9 Å². The SMILES string of the molecule is COc1cc(N=Nc2cccc(S(=O)(=O)O)c2)ccc1N=Nc1ccc(NN=C2C(=O)c3cc(Nc4cccc(S(=O)(=O)O)c4)ccc3C=C2S(=O)(=O)O)cc1C. The number of nitrogens with one attached hydrogen (secondary N) is 2. The van der Waals surface area contributed by atoms with E-state index in [2.05, 4.69) is 36.3 Å². The molecule has 0 fully saturated rings. The number of hydrazone groups is 1. The first-order valence-electron chi connectivity index (χ1n) is 16.2. The van der Waals surface area contributed by atoms with Crippen LogP contribution >= 0.6 is 0 Å². The third-order valence-electron chi connectivity index (χ3n) is 8.05. The Balaban J connectivity index is 1.19. The Morgan fingerprint density at radius 2 is 1.23 bits per heavy atom. The van der Waals surface area contributed by atoms with E-state index in [4.69, 9.17) is 4.74 Å². The second-order valence-electron chi connectivity index (χ2n) is 12.0. The third kappa shape index (κ3) is 9.67. The van der Waals surface area contributed by atoms with Crippen molar-refractivity contribution >= 4 is 87.7 Å². The predicted octanol–water partition coefficient (Wildman–Crippen LogP) is 7.96. The molecular weight excluding hydrogens is 803 g/mol. The second kappa shape index (κ2) is 15.9. The van der Waals surface area contributed by atoms with Gasteiger partial charge in [0.1, 0.15) is 16.3 Å². The van der Waals surface area contributed by atoms with Crippen molar-refractivity contribution in [2.24, 2.45) is 25.6 Å². The first-order chi connectivity index (χ1) is 26.9. The quantitative estimate of drug-likeness (QED) is 0.0454. The van der Waals surface area contributed by atoms with Crippen LogP contribution in [-0.4, -0.2) is 57.5 Å². The number of benzene rings is 5. The molecule has 1 aliphatic rings. The fraction of sp³-hybridized carbons (Fsp3) is 0.0556. The molecule has 0 bridgehead atoms. The van der Waals surface area contributed by atoms with Crippen LogP contribution in [-0.2, 0) is 30.4 Å². The summed E-state index contributed by atoms with van der Waals surface area (Å²) in [6, 6.07) is 24.4. The molecule has 0 saturated heterocycles. The molecule has 0 aromatic heterocycles. The number of hydrogen-bond acceptors (Lipinski definition) is 15. The van der Waals surface area contributed by atoms with Crippen LogP contribution in [0.15, 0.2) is 143 Å². The van der Waals surface area contributed by atoms with Crippen molar-refractivity contribution in [2.45, 2.75) is 16.7 Å². The summed E-state index contributed by atoms with van der Waals surface area (Å²) in [6.07, 6.45) is 1.10. The average molecular weight is 832 g/mol. The smallest absolute Gasteiger partial charge is 0.296 e. The maximum absolute atomic E-state index is 13.6. The number of aryl methyl sites for hydroxylation is 1. The summed E-state index contributed by atoms with van der Waals surface area (Å²) in [5, 5.41) is 23.6. The fourth-order valence-electron chi connectivity index (χ4n) is 5.31. The number of methoxy groups -OCH3 is 1. The molecule has 5 aromatic carbocycles. The number of ether oxygens (including phenoxy) is 1. The lowest BCUT2D eigenvalue weighted by atomic mass is 9.94. The Kier molecular flexibility index (Phi) is 11.2. The zero-order valence-corrected chi connectivity index (χ0v) is 31.9. The van der Waals surface area contributed by atoms with Crippen molar-refractivity contribution in [3.05, 3.63) is 125 Å². The lowest BCUT2D eigenvalue weighted by Crippen LogP contribution is -2.27. The summed E-state index contributed by atoms with van der Waals surface area (Å²) >= 11 is 0. The summed E-state index contributed by atoms with van der Waals surface area (Å²) in [7, 11) is -12.4. The van der Waals surface area contributed by atoms with Gasteiger partial charge < -0.3 is 10.1 Å². The van der Waals surface area contributed by atoms with Crippen LogP contribution in [0.5, 0.6) is 5.75 Å². The van der Waals surface area contributed by atoms with Crippen LogP contribution in [0, 0.1) is 6.92 Å². The highest BCUT2D eigenvalue weighted by Gasteiger charge is 2.33. The molecule has 0 heterocycles. The number of rotatable bonds is 12. The van der Waals surface area contributed by atoms with Gasteiger partial charge in [-0.2, -0.15) is 45.7 Å². The van der Waals surface area contributed by atoms with Crippen LogP contribution in [0.25, 0.3) is 6.08 Å². The number of ketones is 1. The third-order valence-corrected chi connectivity index (χ3v) is 10.6. The number of allylic oxidation sites excluding steroid dienone is 1. The lowest BCUT2D eigenvalue weighted by Gasteiger charge is -2.18. The van der Waals surface area contributed by atoms with Gasteiger partial charge in [0.2, 0.25) is 5.78 Å². The molecule has 0 amide bonds. The molecule has 0 saturated carbocycles. The van der Waals surface area contributed by atoms with E-state index >= 15 is 0 Å². The first kappa shape index (κ1) is 40.2. The Hall–Kier alpha value is -6.49. The van der Waals surface area contributed by atoms with Gasteiger partial charge in [0, 0.05) is 23.0 Å². The molecule has 6 rings (SSSR count). The van der Waals surface area contributed by atoms with E-state index in [-0.39, 0.29) is 32.3 Å². The lowest BCUT2D eigenvalue weighted by molar-refractivity contribution is 0.106. The molecule has 0 atom stereocenters. The van der Waals surface area contributed by atoms with E-state index in [0.717, 1.165) is 12.1 Å². The number of hydrogen-bond donors (Lipinski definition) is 5. The molecule has 0 radical (unpaired) electrons.